The third-order valence-corrected chi connectivity index (χ3v) is 3.94. The van der Waals surface area contributed by atoms with Crippen molar-refractivity contribution in [3.63, 3.8) is 0 Å². The largest absolute Gasteiger partial charge is 0.354 e. The molecule has 0 aliphatic rings. The zero-order chi connectivity index (χ0) is 16.5. The number of carbonyl (C=O) groups excluding carboxylic acids is 1. The summed E-state index contributed by atoms with van der Waals surface area (Å²) < 4.78 is 1.08. The van der Waals surface area contributed by atoms with Crippen LogP contribution in [0.25, 0.3) is 0 Å². The molecule has 1 amide bonds. The molecule has 2 N–H and O–H groups in total. The molecule has 0 aliphatic carbocycles. The van der Waals surface area contributed by atoms with E-state index in [1.54, 1.807) is 7.05 Å². The molecule has 6 heteroatoms. The highest BCUT2D eigenvalue weighted by molar-refractivity contribution is 9.10. The van der Waals surface area contributed by atoms with Gasteiger partial charge in [0.15, 0.2) is 5.96 Å². The first-order valence-electron chi connectivity index (χ1n) is 7.38. The molecule has 1 aromatic carbocycles. The van der Waals surface area contributed by atoms with Crippen LogP contribution in [0.4, 0.5) is 0 Å². The number of hydrogen-bond acceptors (Lipinski definition) is 2. The van der Waals surface area contributed by atoms with Crippen molar-refractivity contribution >= 4 is 27.8 Å². The third-order valence-electron chi connectivity index (χ3n) is 3.17. The van der Waals surface area contributed by atoms with Crippen molar-refractivity contribution in [3.8, 4) is 0 Å². The maximum Gasteiger partial charge on any atom is 0.222 e. The molecular weight excluding hydrogens is 344 g/mol. The van der Waals surface area contributed by atoms with Crippen molar-refractivity contribution in [2.24, 2.45) is 10.9 Å². The van der Waals surface area contributed by atoms with Crippen LogP contribution in [0.2, 0.25) is 0 Å². The topological polar surface area (TPSA) is 56.7 Å². The predicted octanol–water partition coefficient (Wildman–Crippen LogP) is 2.23. The second kappa shape index (κ2) is 9.46. The van der Waals surface area contributed by atoms with E-state index in [2.05, 4.69) is 37.6 Å². The lowest BCUT2D eigenvalue weighted by molar-refractivity contribution is -0.123. The number of hydrogen-bond donors (Lipinski definition) is 2. The number of carbonyl (C=O) groups is 1. The molecule has 0 fully saturated rings. The minimum absolute atomic E-state index is 0.0115. The Bertz CT molecular complexity index is 517. The molecule has 0 heterocycles. The fourth-order valence-electron chi connectivity index (χ4n) is 1.91. The molecule has 0 spiro atoms. The maximum atomic E-state index is 11.5. The maximum absolute atomic E-state index is 11.5. The van der Waals surface area contributed by atoms with Gasteiger partial charge in [0, 0.05) is 44.1 Å². The van der Waals surface area contributed by atoms with Gasteiger partial charge in [-0.3, -0.25) is 9.79 Å². The van der Waals surface area contributed by atoms with Crippen molar-refractivity contribution in [2.45, 2.75) is 20.4 Å². The molecule has 0 unspecified atom stereocenters. The van der Waals surface area contributed by atoms with Gasteiger partial charge in [0.25, 0.3) is 0 Å². The van der Waals surface area contributed by atoms with Crippen LogP contribution in [-0.4, -0.2) is 44.0 Å². The van der Waals surface area contributed by atoms with E-state index in [1.807, 2.05) is 44.0 Å². The van der Waals surface area contributed by atoms with Crippen molar-refractivity contribution in [1.29, 1.82) is 0 Å². The molecule has 0 saturated heterocycles. The van der Waals surface area contributed by atoms with Gasteiger partial charge in [0.05, 0.1) is 0 Å². The lowest BCUT2D eigenvalue weighted by atomic mass is 10.2. The van der Waals surface area contributed by atoms with Crippen molar-refractivity contribution in [2.75, 3.05) is 27.2 Å². The SMILES string of the molecule is CN=C(NCCNC(=O)C(C)C)N(C)Cc1ccccc1Br. The van der Waals surface area contributed by atoms with E-state index in [4.69, 9.17) is 0 Å². The van der Waals surface area contributed by atoms with Gasteiger partial charge in [-0.25, -0.2) is 0 Å². The van der Waals surface area contributed by atoms with Crippen LogP contribution in [0, 0.1) is 5.92 Å². The Morgan fingerprint density at radius 2 is 1.91 bits per heavy atom. The highest BCUT2D eigenvalue weighted by atomic mass is 79.9. The Morgan fingerprint density at radius 1 is 1.27 bits per heavy atom. The molecule has 0 aromatic heterocycles. The van der Waals surface area contributed by atoms with Crippen LogP contribution in [0.1, 0.15) is 19.4 Å². The Labute approximate surface area is 141 Å². The molecule has 22 heavy (non-hydrogen) atoms. The van der Waals surface area contributed by atoms with Crippen LogP contribution in [0.15, 0.2) is 33.7 Å². The average molecular weight is 369 g/mol. The molecule has 5 nitrogen and oxygen atoms in total. The zero-order valence-corrected chi connectivity index (χ0v) is 15.3. The van der Waals surface area contributed by atoms with Crippen molar-refractivity contribution in [3.05, 3.63) is 34.3 Å². The Balaban J connectivity index is 2.44. The fourth-order valence-corrected chi connectivity index (χ4v) is 2.32. The summed E-state index contributed by atoms with van der Waals surface area (Å²) in [6.45, 7) is 5.74. The van der Waals surface area contributed by atoms with Gasteiger partial charge in [-0.1, -0.05) is 48.0 Å². The van der Waals surface area contributed by atoms with Crippen LogP contribution in [-0.2, 0) is 11.3 Å². The Kier molecular flexibility index (Phi) is 7.95. The number of guanidine groups is 1. The molecule has 0 radical (unpaired) electrons. The van der Waals surface area contributed by atoms with Crippen LogP contribution >= 0.6 is 15.9 Å². The molecular formula is C16H25BrN4O. The summed E-state index contributed by atoms with van der Waals surface area (Å²) in [7, 11) is 3.74. The van der Waals surface area contributed by atoms with E-state index in [-0.39, 0.29) is 11.8 Å². The first-order valence-corrected chi connectivity index (χ1v) is 8.18. The highest BCUT2D eigenvalue weighted by Crippen LogP contribution is 2.17. The summed E-state index contributed by atoms with van der Waals surface area (Å²) in [6.07, 6.45) is 0. The summed E-state index contributed by atoms with van der Waals surface area (Å²) in [5, 5.41) is 6.13. The number of halogens is 1. The molecule has 0 aliphatic heterocycles. The normalized spacial score (nSPS) is 11.5. The number of nitrogens with one attached hydrogen (secondary N) is 2. The monoisotopic (exact) mass is 368 g/mol. The van der Waals surface area contributed by atoms with Crippen LogP contribution < -0.4 is 10.6 Å². The summed E-state index contributed by atoms with van der Waals surface area (Å²) in [5.41, 5.74) is 1.20. The lowest BCUT2D eigenvalue weighted by Crippen LogP contribution is -2.42. The molecule has 1 aromatic rings. The summed E-state index contributed by atoms with van der Waals surface area (Å²) in [6, 6.07) is 8.13. The summed E-state index contributed by atoms with van der Waals surface area (Å²) >= 11 is 3.55. The predicted molar refractivity (Wildman–Crippen MR) is 94.8 cm³/mol. The molecule has 0 saturated carbocycles. The minimum Gasteiger partial charge on any atom is -0.354 e. The lowest BCUT2D eigenvalue weighted by Gasteiger charge is -2.23. The Morgan fingerprint density at radius 3 is 2.50 bits per heavy atom. The second-order valence-electron chi connectivity index (χ2n) is 5.37. The summed E-state index contributed by atoms with van der Waals surface area (Å²) in [4.78, 5) is 17.8. The van der Waals surface area contributed by atoms with Gasteiger partial charge >= 0.3 is 0 Å². The van der Waals surface area contributed by atoms with E-state index in [0.717, 1.165) is 17.0 Å². The van der Waals surface area contributed by atoms with E-state index in [1.165, 1.54) is 5.56 Å². The number of nitrogens with zero attached hydrogens (tertiary/aromatic N) is 2. The molecule has 0 bridgehead atoms. The quantitative estimate of drug-likeness (QED) is 0.459. The third kappa shape index (κ3) is 6.05. The van der Waals surface area contributed by atoms with Crippen molar-refractivity contribution in [1.82, 2.24) is 15.5 Å². The first kappa shape index (κ1) is 18.5. The van der Waals surface area contributed by atoms with Gasteiger partial charge in [-0.05, 0) is 11.6 Å². The van der Waals surface area contributed by atoms with E-state index in [0.29, 0.717) is 13.1 Å². The van der Waals surface area contributed by atoms with Gasteiger partial charge in [-0.2, -0.15) is 0 Å². The molecule has 1 rings (SSSR count). The van der Waals surface area contributed by atoms with Gasteiger partial charge in [0.1, 0.15) is 0 Å². The van der Waals surface area contributed by atoms with E-state index in [9.17, 15) is 4.79 Å². The van der Waals surface area contributed by atoms with E-state index >= 15 is 0 Å². The number of rotatable bonds is 6. The zero-order valence-electron chi connectivity index (χ0n) is 13.7. The fraction of sp³-hybridized carbons (Fsp3) is 0.500. The van der Waals surface area contributed by atoms with Gasteiger partial charge < -0.3 is 15.5 Å². The number of benzene rings is 1. The number of amides is 1. The first-order chi connectivity index (χ1) is 10.5. The second-order valence-corrected chi connectivity index (χ2v) is 6.22. The number of aliphatic imine (C=N–C) groups is 1. The standard InChI is InChI=1S/C16H25BrN4O/c1-12(2)15(22)19-9-10-20-16(18-3)21(4)11-13-7-5-6-8-14(13)17/h5-8,12H,9-11H2,1-4H3,(H,18,20)(H,19,22). The molecule has 0 atom stereocenters. The van der Waals surface area contributed by atoms with Crippen molar-refractivity contribution < 1.29 is 4.79 Å². The molecule has 122 valence electrons. The van der Waals surface area contributed by atoms with Crippen LogP contribution in [0.3, 0.4) is 0 Å². The van der Waals surface area contributed by atoms with Gasteiger partial charge in [-0.15, -0.1) is 0 Å². The Hall–Kier alpha value is -1.56. The highest BCUT2D eigenvalue weighted by Gasteiger charge is 2.09. The smallest absolute Gasteiger partial charge is 0.222 e. The average Bonchev–Trinajstić information content (AvgIpc) is 2.49. The summed E-state index contributed by atoms with van der Waals surface area (Å²) in [5.74, 6) is 0.880. The van der Waals surface area contributed by atoms with E-state index < -0.39 is 0 Å². The minimum atomic E-state index is 0.0115. The van der Waals surface area contributed by atoms with Crippen LogP contribution in [0.5, 0.6) is 0 Å². The van der Waals surface area contributed by atoms with Gasteiger partial charge in [0.2, 0.25) is 5.91 Å².